The molecule has 0 fully saturated rings. The zero-order valence-electron chi connectivity index (χ0n) is 6.55. The van der Waals surface area contributed by atoms with Crippen molar-refractivity contribution < 1.29 is 4.42 Å². The highest BCUT2D eigenvalue weighted by atomic mass is 32.1. The van der Waals surface area contributed by atoms with Gasteiger partial charge in [0.15, 0.2) is 0 Å². The molecule has 0 aliphatic rings. The summed E-state index contributed by atoms with van der Waals surface area (Å²) in [5, 5.41) is 3.38. The quantitative estimate of drug-likeness (QED) is 0.544. The van der Waals surface area contributed by atoms with Crippen molar-refractivity contribution >= 4 is 21.4 Å². The summed E-state index contributed by atoms with van der Waals surface area (Å²) in [6.07, 6.45) is 0. The van der Waals surface area contributed by atoms with Gasteiger partial charge in [0.25, 0.3) is 0 Å². The Bertz CT molecular complexity index is 389. The van der Waals surface area contributed by atoms with Crippen molar-refractivity contribution in [2.75, 3.05) is 0 Å². The molecule has 0 spiro atoms. The van der Waals surface area contributed by atoms with Gasteiger partial charge in [-0.25, -0.2) is 4.42 Å². The van der Waals surface area contributed by atoms with Crippen molar-refractivity contribution in [3.8, 4) is 0 Å². The van der Waals surface area contributed by atoms with Crippen molar-refractivity contribution in [3.05, 3.63) is 29.0 Å². The van der Waals surface area contributed by atoms with Crippen LogP contribution in [0.3, 0.4) is 0 Å². The Labute approximate surface area is 69.3 Å². The molecule has 0 bridgehead atoms. The fourth-order valence-corrected chi connectivity index (χ4v) is 2.08. The second kappa shape index (κ2) is 2.31. The van der Waals surface area contributed by atoms with E-state index in [4.69, 9.17) is 4.42 Å². The maximum absolute atomic E-state index is 5.46. The third-order valence-corrected chi connectivity index (χ3v) is 2.72. The molecule has 0 aliphatic heterocycles. The molecule has 0 aliphatic carbocycles. The number of fused-ring (bicyclic) bond motifs is 1. The molecule has 0 N–H and O–H groups in total. The van der Waals surface area contributed by atoms with Crippen LogP contribution < -0.4 is 0 Å². The van der Waals surface area contributed by atoms with Crippen LogP contribution in [0.15, 0.2) is 21.9 Å². The lowest BCUT2D eigenvalue weighted by Gasteiger charge is -1.84. The summed E-state index contributed by atoms with van der Waals surface area (Å²) in [4.78, 5) is 0. The van der Waals surface area contributed by atoms with Gasteiger partial charge in [-0.15, -0.1) is 11.3 Å². The number of hydrogen-bond acceptors (Lipinski definition) is 1. The van der Waals surface area contributed by atoms with E-state index >= 15 is 0 Å². The summed E-state index contributed by atoms with van der Waals surface area (Å²) in [6.45, 7) is 3.98. The highest BCUT2D eigenvalue weighted by molar-refractivity contribution is 7.17. The van der Waals surface area contributed by atoms with E-state index in [2.05, 4.69) is 17.5 Å². The van der Waals surface area contributed by atoms with Crippen molar-refractivity contribution in [1.82, 2.24) is 0 Å². The summed E-state index contributed by atoms with van der Waals surface area (Å²) >= 11 is 1.73. The lowest BCUT2D eigenvalue weighted by atomic mass is 10.3. The largest absolute Gasteiger partial charge is 0.343 e. The monoisotopic (exact) mass is 165 g/mol. The highest BCUT2D eigenvalue weighted by Crippen LogP contribution is 2.25. The first-order valence-corrected chi connectivity index (χ1v) is 4.43. The van der Waals surface area contributed by atoms with Gasteiger partial charge >= 0.3 is 11.5 Å². The zero-order chi connectivity index (χ0) is 7.84. The standard InChI is InChI=1S/C9H9OS/c1-6-5-8-3-4-11-9(8)7(2)10-6/h3-5H,1-2H3/q+1. The van der Waals surface area contributed by atoms with E-state index < -0.39 is 0 Å². The second-order valence-electron chi connectivity index (χ2n) is 2.62. The molecule has 2 heterocycles. The lowest BCUT2D eigenvalue weighted by Crippen LogP contribution is -1.75. The SMILES string of the molecule is Cc1cc2ccsc2c(C)[o+]1. The first-order chi connectivity index (χ1) is 5.27. The van der Waals surface area contributed by atoms with Gasteiger partial charge in [-0.05, 0) is 11.4 Å². The maximum Gasteiger partial charge on any atom is 0.343 e. The Morgan fingerprint density at radius 1 is 1.36 bits per heavy atom. The normalized spacial score (nSPS) is 10.7. The predicted octanol–water partition coefficient (Wildman–Crippen LogP) is 3.39. The molecule has 0 amide bonds. The first kappa shape index (κ1) is 6.80. The number of thiophene rings is 1. The third kappa shape index (κ3) is 1.03. The van der Waals surface area contributed by atoms with Gasteiger partial charge in [-0.2, -0.15) is 0 Å². The fraction of sp³-hybridized carbons (Fsp3) is 0.222. The molecule has 2 aromatic rings. The Morgan fingerprint density at radius 3 is 3.00 bits per heavy atom. The Balaban J connectivity index is 2.91. The number of aryl methyl sites for hydroxylation is 2. The van der Waals surface area contributed by atoms with Crippen LogP contribution >= 0.6 is 11.3 Å². The average molecular weight is 165 g/mol. The van der Waals surface area contributed by atoms with Gasteiger partial charge in [0.2, 0.25) is 0 Å². The Hall–Kier alpha value is -0.890. The minimum atomic E-state index is 0.980. The van der Waals surface area contributed by atoms with Gasteiger partial charge in [0, 0.05) is 11.5 Å². The maximum atomic E-state index is 5.46. The summed E-state index contributed by atoms with van der Waals surface area (Å²) in [7, 11) is 0. The summed E-state index contributed by atoms with van der Waals surface area (Å²) in [5.41, 5.74) is 0. The van der Waals surface area contributed by atoms with Gasteiger partial charge < -0.3 is 0 Å². The molecule has 0 atom stereocenters. The average Bonchev–Trinajstić information content (AvgIpc) is 2.34. The van der Waals surface area contributed by atoms with Crippen molar-refractivity contribution in [1.29, 1.82) is 0 Å². The molecule has 56 valence electrons. The molecular weight excluding hydrogens is 156 g/mol. The van der Waals surface area contributed by atoms with Crippen LogP contribution in [0.4, 0.5) is 0 Å². The van der Waals surface area contributed by atoms with Gasteiger partial charge in [0.1, 0.15) is 4.70 Å². The highest BCUT2D eigenvalue weighted by Gasteiger charge is 2.11. The van der Waals surface area contributed by atoms with Crippen LogP contribution in [0.25, 0.3) is 10.1 Å². The Morgan fingerprint density at radius 2 is 2.18 bits per heavy atom. The van der Waals surface area contributed by atoms with Gasteiger partial charge in [-0.3, -0.25) is 0 Å². The molecule has 2 rings (SSSR count). The third-order valence-electron chi connectivity index (χ3n) is 1.69. The minimum Gasteiger partial charge on any atom is -0.217 e. The predicted molar refractivity (Wildman–Crippen MR) is 48.0 cm³/mol. The first-order valence-electron chi connectivity index (χ1n) is 3.55. The van der Waals surface area contributed by atoms with Crippen LogP contribution in [0.5, 0.6) is 0 Å². The molecule has 0 saturated heterocycles. The molecule has 2 aromatic heterocycles. The van der Waals surface area contributed by atoms with E-state index in [1.807, 2.05) is 13.8 Å². The van der Waals surface area contributed by atoms with Crippen molar-refractivity contribution in [2.45, 2.75) is 13.8 Å². The van der Waals surface area contributed by atoms with Crippen molar-refractivity contribution in [3.63, 3.8) is 0 Å². The minimum absolute atomic E-state index is 0.980. The molecular formula is C9H9OS+. The molecule has 2 heteroatoms. The molecule has 11 heavy (non-hydrogen) atoms. The molecule has 0 radical (unpaired) electrons. The van der Waals surface area contributed by atoms with Crippen LogP contribution in [-0.2, 0) is 0 Å². The van der Waals surface area contributed by atoms with Crippen LogP contribution in [0, 0.1) is 13.8 Å². The van der Waals surface area contributed by atoms with Crippen LogP contribution in [0.2, 0.25) is 0 Å². The van der Waals surface area contributed by atoms with E-state index in [9.17, 15) is 0 Å². The zero-order valence-corrected chi connectivity index (χ0v) is 7.37. The van der Waals surface area contributed by atoms with Crippen LogP contribution in [0.1, 0.15) is 11.5 Å². The summed E-state index contributed by atoms with van der Waals surface area (Å²) in [6, 6.07) is 4.19. The number of hydrogen-bond donors (Lipinski definition) is 0. The fourth-order valence-electron chi connectivity index (χ4n) is 1.26. The smallest absolute Gasteiger partial charge is 0.217 e. The molecule has 0 unspecified atom stereocenters. The lowest BCUT2D eigenvalue weighted by molar-refractivity contribution is 0.495. The van der Waals surface area contributed by atoms with E-state index in [1.54, 1.807) is 11.3 Å². The molecule has 0 saturated carbocycles. The Kier molecular flexibility index (Phi) is 1.43. The van der Waals surface area contributed by atoms with Crippen LogP contribution in [-0.4, -0.2) is 0 Å². The summed E-state index contributed by atoms with van der Waals surface area (Å²) in [5.74, 6) is 2.00. The van der Waals surface area contributed by atoms with E-state index in [0.29, 0.717) is 0 Å². The topological polar surface area (TPSA) is 11.3 Å². The van der Waals surface area contributed by atoms with Gasteiger partial charge in [-0.1, -0.05) is 0 Å². The van der Waals surface area contributed by atoms with E-state index in [0.717, 1.165) is 11.5 Å². The van der Waals surface area contributed by atoms with Crippen molar-refractivity contribution in [2.24, 2.45) is 0 Å². The van der Waals surface area contributed by atoms with E-state index in [-0.39, 0.29) is 0 Å². The molecule has 1 nitrogen and oxygen atoms in total. The van der Waals surface area contributed by atoms with Gasteiger partial charge in [0.05, 0.1) is 13.8 Å². The van der Waals surface area contributed by atoms with E-state index in [1.165, 1.54) is 10.1 Å². The summed E-state index contributed by atoms with van der Waals surface area (Å²) < 4.78 is 6.72. The number of rotatable bonds is 0. The second-order valence-corrected chi connectivity index (χ2v) is 3.53. The molecule has 0 aromatic carbocycles.